The van der Waals surface area contributed by atoms with Gasteiger partial charge in [0.05, 0.1) is 13.3 Å². The maximum atomic E-state index is 13.4. The van der Waals surface area contributed by atoms with E-state index in [0.29, 0.717) is 11.3 Å². The first-order valence-corrected chi connectivity index (χ1v) is 6.71. The third-order valence-corrected chi connectivity index (χ3v) is 3.38. The number of ether oxygens (including phenoxy) is 1. The lowest BCUT2D eigenvalue weighted by molar-refractivity contribution is 0.394. The number of benzene rings is 1. The van der Waals surface area contributed by atoms with Crippen LogP contribution in [0.5, 0.6) is 5.75 Å². The average molecular weight is 292 g/mol. The van der Waals surface area contributed by atoms with Crippen LogP contribution in [0.3, 0.4) is 0 Å². The summed E-state index contributed by atoms with van der Waals surface area (Å²) in [7, 11) is 1.55. The summed E-state index contributed by atoms with van der Waals surface area (Å²) in [5.41, 5.74) is 1.45. The summed E-state index contributed by atoms with van der Waals surface area (Å²) in [6, 6.07) is 5.53. The van der Waals surface area contributed by atoms with Crippen LogP contribution in [0.1, 0.15) is 37.1 Å². The summed E-state index contributed by atoms with van der Waals surface area (Å²) in [4.78, 5) is 3.83. The Morgan fingerprint density at radius 2 is 1.81 bits per heavy atom. The Morgan fingerprint density at radius 1 is 1.05 bits per heavy atom. The van der Waals surface area contributed by atoms with Gasteiger partial charge in [-0.05, 0) is 43.7 Å². The second-order valence-corrected chi connectivity index (χ2v) is 4.93. The van der Waals surface area contributed by atoms with Crippen molar-refractivity contribution in [3.8, 4) is 5.75 Å². The van der Waals surface area contributed by atoms with Crippen LogP contribution in [-0.4, -0.2) is 12.1 Å². The van der Waals surface area contributed by atoms with E-state index in [1.165, 1.54) is 18.2 Å². The van der Waals surface area contributed by atoms with Gasteiger partial charge in [-0.2, -0.15) is 0 Å². The van der Waals surface area contributed by atoms with Crippen LogP contribution in [-0.2, 0) is 0 Å². The van der Waals surface area contributed by atoms with Crippen molar-refractivity contribution in [3.05, 3.63) is 59.4 Å². The number of nitrogens with zero attached hydrogens (tertiary/aromatic N) is 1. The van der Waals surface area contributed by atoms with Crippen LogP contribution in [0.2, 0.25) is 0 Å². The minimum Gasteiger partial charge on any atom is -0.496 e. The Bertz CT molecular complexity index is 619. The lowest BCUT2D eigenvalue weighted by Gasteiger charge is -2.22. The van der Waals surface area contributed by atoms with Gasteiger partial charge in [0.15, 0.2) is 0 Å². The van der Waals surface area contributed by atoms with E-state index < -0.39 is 0 Å². The summed E-state index contributed by atoms with van der Waals surface area (Å²) in [6.45, 7) is 3.80. The van der Waals surface area contributed by atoms with Gasteiger partial charge in [0.1, 0.15) is 17.4 Å². The van der Waals surface area contributed by atoms with E-state index in [1.807, 2.05) is 13.8 Å². The lowest BCUT2D eigenvalue weighted by Crippen LogP contribution is -2.23. The van der Waals surface area contributed by atoms with Gasteiger partial charge in [0.2, 0.25) is 0 Å². The SMILES string of the molecule is COc1ccc(F)cc1C(C)NC(C)c1cncc(F)c1. The van der Waals surface area contributed by atoms with Crippen LogP contribution in [0.4, 0.5) is 8.78 Å². The van der Waals surface area contributed by atoms with E-state index in [4.69, 9.17) is 4.74 Å². The Labute approximate surface area is 123 Å². The van der Waals surface area contributed by atoms with Gasteiger partial charge in [-0.15, -0.1) is 0 Å². The van der Waals surface area contributed by atoms with Crippen molar-refractivity contribution >= 4 is 0 Å². The molecule has 3 nitrogen and oxygen atoms in total. The summed E-state index contributed by atoms with van der Waals surface area (Å²) < 4.78 is 31.9. The fraction of sp³-hybridized carbons (Fsp3) is 0.312. The summed E-state index contributed by atoms with van der Waals surface area (Å²) in [5, 5.41) is 3.29. The molecule has 1 aromatic carbocycles. The molecule has 0 amide bonds. The maximum absolute atomic E-state index is 13.4. The van der Waals surface area contributed by atoms with Crippen molar-refractivity contribution in [2.45, 2.75) is 25.9 Å². The van der Waals surface area contributed by atoms with Crippen molar-refractivity contribution in [2.24, 2.45) is 0 Å². The van der Waals surface area contributed by atoms with E-state index >= 15 is 0 Å². The van der Waals surface area contributed by atoms with Crippen molar-refractivity contribution in [1.82, 2.24) is 10.3 Å². The monoisotopic (exact) mass is 292 g/mol. The number of rotatable bonds is 5. The van der Waals surface area contributed by atoms with Crippen LogP contribution in [0, 0.1) is 11.6 Å². The second-order valence-electron chi connectivity index (χ2n) is 4.93. The molecule has 21 heavy (non-hydrogen) atoms. The molecule has 1 aromatic heterocycles. The predicted octanol–water partition coefficient (Wildman–Crippen LogP) is 3.78. The molecule has 0 aliphatic heterocycles. The topological polar surface area (TPSA) is 34.1 Å². The third-order valence-electron chi connectivity index (χ3n) is 3.38. The Balaban J connectivity index is 2.17. The molecule has 2 rings (SSSR count). The van der Waals surface area contributed by atoms with Gasteiger partial charge in [-0.25, -0.2) is 8.78 Å². The van der Waals surface area contributed by atoms with E-state index in [-0.39, 0.29) is 23.7 Å². The first-order chi connectivity index (χ1) is 10.0. The van der Waals surface area contributed by atoms with Crippen LogP contribution < -0.4 is 10.1 Å². The highest BCUT2D eigenvalue weighted by Crippen LogP contribution is 2.27. The molecule has 1 N–H and O–H groups in total. The van der Waals surface area contributed by atoms with E-state index in [2.05, 4.69) is 10.3 Å². The van der Waals surface area contributed by atoms with Crippen molar-refractivity contribution in [1.29, 1.82) is 0 Å². The molecule has 0 spiro atoms. The quantitative estimate of drug-likeness (QED) is 0.910. The standard InChI is InChI=1S/C16H18F2N2O/c1-10(12-6-14(18)9-19-8-12)20-11(2)15-7-13(17)4-5-16(15)21-3/h4-11,20H,1-3H3. The molecular weight excluding hydrogens is 274 g/mol. The summed E-state index contributed by atoms with van der Waals surface area (Å²) in [5.74, 6) is -0.0855. The van der Waals surface area contributed by atoms with Crippen LogP contribution in [0.25, 0.3) is 0 Å². The molecule has 2 atom stereocenters. The Kier molecular flexibility index (Phi) is 4.85. The zero-order valence-corrected chi connectivity index (χ0v) is 12.2. The molecule has 2 unspecified atom stereocenters. The van der Waals surface area contributed by atoms with Gasteiger partial charge >= 0.3 is 0 Å². The smallest absolute Gasteiger partial charge is 0.141 e. The number of halogens is 2. The highest BCUT2D eigenvalue weighted by Gasteiger charge is 2.16. The maximum Gasteiger partial charge on any atom is 0.141 e. The van der Waals surface area contributed by atoms with Crippen LogP contribution in [0.15, 0.2) is 36.7 Å². The van der Waals surface area contributed by atoms with Crippen molar-refractivity contribution in [2.75, 3.05) is 7.11 Å². The third kappa shape index (κ3) is 3.76. The molecule has 1 heterocycles. The van der Waals surface area contributed by atoms with Crippen molar-refractivity contribution in [3.63, 3.8) is 0 Å². The van der Waals surface area contributed by atoms with Gasteiger partial charge in [0.25, 0.3) is 0 Å². The van der Waals surface area contributed by atoms with Gasteiger partial charge < -0.3 is 10.1 Å². The van der Waals surface area contributed by atoms with E-state index in [0.717, 1.165) is 11.8 Å². The number of hydrogen-bond donors (Lipinski definition) is 1. The number of nitrogens with one attached hydrogen (secondary N) is 1. The summed E-state index contributed by atoms with van der Waals surface area (Å²) >= 11 is 0. The highest BCUT2D eigenvalue weighted by atomic mass is 19.1. The Morgan fingerprint density at radius 3 is 2.48 bits per heavy atom. The first-order valence-electron chi connectivity index (χ1n) is 6.71. The van der Waals surface area contributed by atoms with Gasteiger partial charge in [-0.1, -0.05) is 0 Å². The number of pyridine rings is 1. The van der Waals surface area contributed by atoms with Crippen molar-refractivity contribution < 1.29 is 13.5 Å². The first kappa shape index (κ1) is 15.4. The molecule has 0 fully saturated rings. The molecule has 0 aliphatic carbocycles. The fourth-order valence-electron chi connectivity index (χ4n) is 2.27. The number of methoxy groups -OCH3 is 1. The molecule has 0 aliphatic rings. The second kappa shape index (κ2) is 6.63. The van der Waals surface area contributed by atoms with Gasteiger partial charge in [0, 0.05) is 23.8 Å². The molecule has 0 radical (unpaired) electrons. The zero-order valence-electron chi connectivity index (χ0n) is 12.2. The molecule has 0 saturated heterocycles. The predicted molar refractivity (Wildman–Crippen MR) is 77.1 cm³/mol. The molecule has 0 saturated carbocycles. The number of aromatic nitrogens is 1. The minimum absolute atomic E-state index is 0.129. The highest BCUT2D eigenvalue weighted by molar-refractivity contribution is 5.36. The normalized spacial score (nSPS) is 13.8. The van der Waals surface area contributed by atoms with E-state index in [1.54, 1.807) is 19.4 Å². The molecule has 5 heteroatoms. The summed E-state index contributed by atoms with van der Waals surface area (Å²) in [6.07, 6.45) is 2.77. The molecular formula is C16H18F2N2O. The fourth-order valence-corrected chi connectivity index (χ4v) is 2.27. The minimum atomic E-state index is -0.378. The average Bonchev–Trinajstić information content (AvgIpc) is 2.47. The van der Waals surface area contributed by atoms with E-state index in [9.17, 15) is 8.78 Å². The molecule has 112 valence electrons. The largest absolute Gasteiger partial charge is 0.496 e. The van der Waals surface area contributed by atoms with Crippen LogP contribution >= 0.6 is 0 Å². The zero-order chi connectivity index (χ0) is 15.4. The Hall–Kier alpha value is -2.01. The lowest BCUT2D eigenvalue weighted by atomic mass is 10.0. The molecule has 2 aromatic rings. The number of hydrogen-bond acceptors (Lipinski definition) is 3. The molecule has 0 bridgehead atoms. The van der Waals surface area contributed by atoms with Gasteiger partial charge in [-0.3, -0.25) is 4.98 Å².